The second-order valence-electron chi connectivity index (χ2n) is 3.63. The van der Waals surface area contributed by atoms with Gasteiger partial charge in [-0.3, -0.25) is 0 Å². The standard InChI is InChI=1S/C11H10AtF2NO4.CH4O/c1-19-10-5(3-16)7(12)8(13)4(9(10)14)2-6(15)11(17)18;1-2/h3,6H,2,15H2,1H3,(H,17,18);2H,1H3. The minimum absolute atomic E-state index is 0.0548. The molecule has 0 aliphatic rings. The molecule has 0 fully saturated rings. The van der Waals surface area contributed by atoms with Crippen LogP contribution in [0, 0.1) is 36.4 Å². The predicted molar refractivity (Wildman–Crippen MR) is 65.4 cm³/mol. The summed E-state index contributed by atoms with van der Waals surface area (Å²) in [5.41, 5.74) is 4.55. The quantitative estimate of drug-likeness (QED) is 0.472. The van der Waals surface area contributed by atoms with Crippen molar-refractivity contribution in [1.29, 1.82) is 0 Å². The molecule has 1 unspecified atom stereocenters. The molecule has 118 valence electrons. The normalized spacial score (nSPS) is 11.2. The molecule has 6 nitrogen and oxygen atoms in total. The van der Waals surface area contributed by atoms with Gasteiger partial charge in [0.15, 0.2) is 0 Å². The average Bonchev–Trinajstić information content (AvgIpc) is 2.48. The van der Waals surface area contributed by atoms with Crippen molar-refractivity contribution in [1.82, 2.24) is 0 Å². The number of ether oxygens (including phenoxy) is 1. The van der Waals surface area contributed by atoms with Gasteiger partial charge >= 0.3 is 122 Å². The van der Waals surface area contributed by atoms with Gasteiger partial charge in [0.25, 0.3) is 0 Å². The van der Waals surface area contributed by atoms with Gasteiger partial charge in [0.05, 0.1) is 0 Å². The van der Waals surface area contributed by atoms with Crippen LogP contribution >= 0.6 is 0 Å². The predicted octanol–water partition coefficient (Wildman–Crippen LogP) is -0.477. The zero-order valence-corrected chi connectivity index (χ0v) is 14.1. The number of carbonyl (C=O) groups excluding carboxylic acids is 1. The number of methoxy groups -OCH3 is 1. The van der Waals surface area contributed by atoms with Crippen LogP contribution in [-0.4, -0.2) is 42.7 Å². The fourth-order valence-corrected chi connectivity index (χ4v) is 2.44. The number of aliphatic hydroxyl groups is 1. The summed E-state index contributed by atoms with van der Waals surface area (Å²) in [6.07, 6.45) is -0.237. The van der Waals surface area contributed by atoms with Gasteiger partial charge in [-0.1, -0.05) is 0 Å². The Hall–Kier alpha value is -1.18. The Kier molecular flexibility index (Phi) is 8.46. The molecular weight excluding hydrogens is 486 g/mol. The van der Waals surface area contributed by atoms with E-state index >= 15 is 0 Å². The summed E-state index contributed by atoms with van der Waals surface area (Å²) >= 11 is 0.822. The molecule has 0 saturated carbocycles. The van der Waals surface area contributed by atoms with Crippen molar-refractivity contribution >= 4 is 15.5 Å². The molecule has 1 atom stereocenters. The van der Waals surface area contributed by atoms with Crippen molar-refractivity contribution in [2.75, 3.05) is 14.2 Å². The molecule has 0 bridgehead atoms. The van der Waals surface area contributed by atoms with Crippen LogP contribution in [0.15, 0.2) is 0 Å². The van der Waals surface area contributed by atoms with E-state index in [9.17, 15) is 18.4 Å². The molecule has 0 spiro atoms. The molecule has 21 heavy (non-hydrogen) atoms. The molecule has 1 rings (SSSR count). The Labute approximate surface area is 134 Å². The summed E-state index contributed by atoms with van der Waals surface area (Å²) in [5, 5.41) is 15.7. The van der Waals surface area contributed by atoms with Crippen LogP contribution in [0.25, 0.3) is 0 Å². The van der Waals surface area contributed by atoms with Crippen molar-refractivity contribution in [2.45, 2.75) is 12.5 Å². The summed E-state index contributed by atoms with van der Waals surface area (Å²) in [6.45, 7) is 0. The third-order valence-corrected chi connectivity index (χ3v) is 3.90. The molecule has 0 saturated heterocycles. The third-order valence-electron chi connectivity index (χ3n) is 2.47. The van der Waals surface area contributed by atoms with Gasteiger partial charge in [0.1, 0.15) is 0 Å². The Bertz CT molecular complexity index is 539. The van der Waals surface area contributed by atoms with Crippen LogP contribution in [0.3, 0.4) is 0 Å². The van der Waals surface area contributed by atoms with E-state index in [0.29, 0.717) is 6.29 Å². The number of hydrogen-bond acceptors (Lipinski definition) is 5. The Balaban J connectivity index is 0.00000191. The summed E-state index contributed by atoms with van der Waals surface area (Å²) in [7, 11) is 2.13. The zero-order chi connectivity index (χ0) is 16.7. The van der Waals surface area contributed by atoms with Crippen molar-refractivity contribution < 1.29 is 58.0 Å². The van der Waals surface area contributed by atoms with Crippen LogP contribution in [0.2, 0.25) is 0 Å². The molecular formula is C12H14AtF2NO5. The third kappa shape index (κ3) is 4.39. The van der Waals surface area contributed by atoms with Crippen LogP contribution in [0.5, 0.6) is 5.75 Å². The van der Waals surface area contributed by atoms with Gasteiger partial charge in [-0.05, 0) is 0 Å². The van der Waals surface area contributed by atoms with E-state index in [1.807, 2.05) is 0 Å². The Morgan fingerprint density at radius 3 is 2.33 bits per heavy atom. The summed E-state index contributed by atoms with van der Waals surface area (Å²) in [5.74, 6) is -3.84. The number of nitrogens with two attached hydrogens (primary N) is 1. The molecule has 0 heterocycles. The fraction of sp³-hybridized carbons (Fsp3) is 0.333. The Morgan fingerprint density at radius 1 is 1.43 bits per heavy atom. The van der Waals surface area contributed by atoms with E-state index in [1.165, 1.54) is 0 Å². The number of aldehydes is 1. The number of benzene rings is 1. The van der Waals surface area contributed by atoms with Crippen LogP contribution in [0.1, 0.15) is 15.9 Å². The number of aliphatic carboxylic acids is 1. The zero-order valence-electron chi connectivity index (χ0n) is 11.2. The van der Waals surface area contributed by atoms with Gasteiger partial charge in [0, 0.05) is 7.11 Å². The fourth-order valence-electron chi connectivity index (χ4n) is 1.49. The second-order valence-corrected chi connectivity index (χ2v) is 5.10. The van der Waals surface area contributed by atoms with E-state index in [-0.39, 0.29) is 8.83 Å². The van der Waals surface area contributed by atoms with Gasteiger partial charge < -0.3 is 5.11 Å². The number of rotatable bonds is 5. The average molecular weight is 500 g/mol. The van der Waals surface area contributed by atoms with Crippen LogP contribution < -0.4 is 13.7 Å². The first-order chi connectivity index (χ1) is 9.84. The van der Waals surface area contributed by atoms with Crippen LogP contribution in [-0.2, 0) is 11.2 Å². The van der Waals surface area contributed by atoms with E-state index in [1.54, 1.807) is 0 Å². The SMILES string of the molecule is CO.COc1c(F)c(CC(N)C(=O)O)c(F)c([At])c1C=O. The van der Waals surface area contributed by atoms with Gasteiger partial charge in [0.2, 0.25) is 0 Å². The maximum atomic E-state index is 14.0. The summed E-state index contributed by atoms with van der Waals surface area (Å²) < 4.78 is 32.7. The monoisotopic (exact) mass is 500 g/mol. The molecule has 1 aromatic carbocycles. The van der Waals surface area contributed by atoms with Gasteiger partial charge in [-0.15, -0.1) is 0 Å². The van der Waals surface area contributed by atoms with Gasteiger partial charge in [-0.2, -0.15) is 0 Å². The maximum absolute atomic E-state index is 14.0. The molecule has 0 amide bonds. The van der Waals surface area contributed by atoms with Gasteiger partial charge in [-0.25, -0.2) is 0 Å². The topological polar surface area (TPSA) is 110 Å². The van der Waals surface area contributed by atoms with Crippen molar-refractivity contribution in [3.8, 4) is 5.75 Å². The van der Waals surface area contributed by atoms with Crippen molar-refractivity contribution in [2.24, 2.45) is 5.73 Å². The Morgan fingerprint density at radius 2 is 1.95 bits per heavy atom. The van der Waals surface area contributed by atoms with E-state index in [0.717, 1.165) is 38.9 Å². The molecule has 1 aromatic rings. The van der Waals surface area contributed by atoms with E-state index in [2.05, 4.69) is 0 Å². The molecule has 0 aromatic heterocycles. The molecule has 9 heteroatoms. The molecule has 0 radical (unpaired) electrons. The number of halogens is 2. The molecule has 0 aliphatic carbocycles. The first kappa shape index (κ1) is 19.8. The minimum atomic E-state index is -1.44. The van der Waals surface area contributed by atoms with E-state index < -0.39 is 41.4 Å². The number of carboxylic acids is 1. The first-order valence-corrected chi connectivity index (χ1v) is 6.93. The summed E-state index contributed by atoms with van der Waals surface area (Å²) in [4.78, 5) is 21.5. The number of carboxylic acid groups (broad SMARTS) is 1. The summed E-state index contributed by atoms with van der Waals surface area (Å²) in [6, 6.07) is -1.44. The van der Waals surface area contributed by atoms with Crippen molar-refractivity contribution in [3.63, 3.8) is 0 Å². The molecule has 0 aliphatic heterocycles. The number of aliphatic hydroxyl groups excluding tert-OH is 1. The van der Waals surface area contributed by atoms with Crippen LogP contribution in [0.4, 0.5) is 8.78 Å². The second kappa shape index (κ2) is 8.97. The first-order valence-electron chi connectivity index (χ1n) is 5.46. The van der Waals surface area contributed by atoms with Crippen molar-refractivity contribution in [3.05, 3.63) is 22.8 Å². The molecule has 4 N–H and O–H groups in total. The van der Waals surface area contributed by atoms with E-state index in [4.69, 9.17) is 20.7 Å². The number of hydrogen-bond donors (Lipinski definition) is 3. The number of carbonyl (C=O) groups is 2.